The van der Waals surface area contributed by atoms with Gasteiger partial charge in [-0.15, -0.1) is 0 Å². The van der Waals surface area contributed by atoms with Crippen molar-refractivity contribution in [2.75, 3.05) is 6.61 Å². The number of hydrogen-bond acceptors (Lipinski definition) is 2. The van der Waals surface area contributed by atoms with E-state index in [1.165, 1.54) is 32.1 Å². The molecule has 0 aromatic heterocycles. The molecule has 0 saturated heterocycles. The average molecular weight is 347 g/mol. The van der Waals surface area contributed by atoms with Gasteiger partial charge >= 0.3 is 0 Å². The van der Waals surface area contributed by atoms with Crippen molar-refractivity contribution < 1.29 is 9.90 Å². The maximum atomic E-state index is 12.0. The fourth-order valence-corrected chi connectivity index (χ4v) is 6.92. The SMILES string of the molecule is C/C=C(/C)[C@H]1CC[C@H]2C[C@@H]([C@@]3(C)CCC(=O)C[C@H]3CCO)CC[C@@]21C. The molecule has 0 unspecified atom stereocenters. The first kappa shape index (κ1) is 19.1. The van der Waals surface area contributed by atoms with Crippen LogP contribution < -0.4 is 0 Å². The molecule has 0 aliphatic heterocycles. The van der Waals surface area contributed by atoms with Gasteiger partial charge in [0.15, 0.2) is 0 Å². The predicted molar refractivity (Wildman–Crippen MR) is 103 cm³/mol. The first-order chi connectivity index (χ1) is 11.8. The molecule has 3 aliphatic rings. The number of carbonyl (C=O) groups excluding carboxylic acids is 1. The maximum absolute atomic E-state index is 12.0. The van der Waals surface area contributed by atoms with Gasteiger partial charge in [-0.25, -0.2) is 0 Å². The maximum Gasteiger partial charge on any atom is 0.133 e. The summed E-state index contributed by atoms with van der Waals surface area (Å²) >= 11 is 0. The Labute approximate surface area is 154 Å². The second-order valence-electron chi connectivity index (χ2n) is 9.79. The monoisotopic (exact) mass is 346 g/mol. The third-order valence-corrected chi connectivity index (χ3v) is 8.90. The molecule has 6 atom stereocenters. The molecule has 0 aromatic rings. The third-order valence-electron chi connectivity index (χ3n) is 8.90. The van der Waals surface area contributed by atoms with Crippen molar-refractivity contribution in [3.8, 4) is 0 Å². The number of Topliss-reactive ketones (excluding diaryl/α,β-unsaturated/α-hetero) is 1. The lowest BCUT2D eigenvalue weighted by Gasteiger charge is -2.53. The Kier molecular flexibility index (Phi) is 5.49. The van der Waals surface area contributed by atoms with Crippen molar-refractivity contribution in [1.82, 2.24) is 0 Å². The summed E-state index contributed by atoms with van der Waals surface area (Å²) in [5.41, 5.74) is 2.34. The Balaban J connectivity index is 1.77. The molecule has 142 valence electrons. The Morgan fingerprint density at radius 3 is 2.56 bits per heavy atom. The van der Waals surface area contributed by atoms with Gasteiger partial charge in [0.25, 0.3) is 0 Å². The smallest absolute Gasteiger partial charge is 0.133 e. The van der Waals surface area contributed by atoms with Crippen LogP contribution in [0, 0.1) is 34.5 Å². The highest BCUT2D eigenvalue weighted by Crippen LogP contribution is 2.62. The van der Waals surface area contributed by atoms with E-state index in [-0.39, 0.29) is 12.0 Å². The highest BCUT2D eigenvalue weighted by atomic mass is 16.3. The summed E-state index contributed by atoms with van der Waals surface area (Å²) < 4.78 is 0. The molecule has 3 aliphatic carbocycles. The molecule has 0 spiro atoms. The molecule has 25 heavy (non-hydrogen) atoms. The zero-order valence-corrected chi connectivity index (χ0v) is 16.8. The van der Waals surface area contributed by atoms with E-state index >= 15 is 0 Å². The van der Waals surface area contributed by atoms with E-state index in [1.54, 1.807) is 5.57 Å². The molecule has 0 radical (unpaired) electrons. The minimum atomic E-state index is 0.226. The largest absolute Gasteiger partial charge is 0.396 e. The van der Waals surface area contributed by atoms with Gasteiger partial charge < -0.3 is 5.11 Å². The highest BCUT2D eigenvalue weighted by molar-refractivity contribution is 5.79. The van der Waals surface area contributed by atoms with Crippen molar-refractivity contribution in [3.05, 3.63) is 11.6 Å². The molecule has 0 bridgehead atoms. The Hall–Kier alpha value is -0.630. The number of aliphatic hydroxyl groups is 1. The van der Waals surface area contributed by atoms with Gasteiger partial charge in [-0.05, 0) is 93.3 Å². The van der Waals surface area contributed by atoms with Crippen molar-refractivity contribution in [2.24, 2.45) is 34.5 Å². The van der Waals surface area contributed by atoms with Gasteiger partial charge in [-0.2, -0.15) is 0 Å². The van der Waals surface area contributed by atoms with E-state index in [0.717, 1.165) is 37.0 Å². The minimum Gasteiger partial charge on any atom is -0.396 e. The zero-order valence-electron chi connectivity index (χ0n) is 16.8. The second kappa shape index (κ2) is 7.18. The van der Waals surface area contributed by atoms with Crippen LogP contribution in [-0.2, 0) is 4.79 Å². The molecule has 0 amide bonds. The summed E-state index contributed by atoms with van der Waals surface area (Å²) in [7, 11) is 0. The van der Waals surface area contributed by atoms with Crippen molar-refractivity contribution in [2.45, 2.75) is 85.5 Å². The number of allylic oxidation sites excluding steroid dienone is 2. The topological polar surface area (TPSA) is 37.3 Å². The van der Waals surface area contributed by atoms with Crippen LogP contribution in [0.15, 0.2) is 11.6 Å². The number of aliphatic hydroxyl groups excluding tert-OH is 1. The van der Waals surface area contributed by atoms with Crippen LogP contribution in [0.1, 0.15) is 85.5 Å². The van der Waals surface area contributed by atoms with E-state index in [0.29, 0.717) is 23.5 Å². The molecule has 1 N–H and O–H groups in total. The zero-order chi connectivity index (χ0) is 18.2. The molecular formula is C23H38O2. The summed E-state index contributed by atoms with van der Waals surface area (Å²) in [5.74, 6) is 3.16. The number of rotatable bonds is 4. The van der Waals surface area contributed by atoms with Gasteiger partial charge in [0.2, 0.25) is 0 Å². The quantitative estimate of drug-likeness (QED) is 0.678. The van der Waals surface area contributed by atoms with E-state index in [4.69, 9.17) is 0 Å². The van der Waals surface area contributed by atoms with Crippen LogP contribution in [0.2, 0.25) is 0 Å². The molecule has 3 saturated carbocycles. The summed E-state index contributed by atoms with van der Waals surface area (Å²) in [6.07, 6.45) is 12.4. The van der Waals surface area contributed by atoms with Crippen LogP contribution in [-0.4, -0.2) is 17.5 Å². The van der Waals surface area contributed by atoms with Gasteiger partial charge in [0.1, 0.15) is 5.78 Å². The summed E-state index contributed by atoms with van der Waals surface area (Å²) in [4.78, 5) is 12.0. The highest BCUT2D eigenvalue weighted by Gasteiger charge is 2.54. The van der Waals surface area contributed by atoms with Crippen LogP contribution in [0.3, 0.4) is 0 Å². The Bertz CT molecular complexity index is 536. The van der Waals surface area contributed by atoms with Crippen LogP contribution in [0.25, 0.3) is 0 Å². The Morgan fingerprint density at radius 1 is 1.16 bits per heavy atom. The van der Waals surface area contributed by atoms with E-state index in [1.807, 2.05) is 0 Å². The lowest BCUT2D eigenvalue weighted by Crippen LogP contribution is -2.46. The lowest BCUT2D eigenvalue weighted by atomic mass is 9.52. The molecule has 0 aromatic carbocycles. The molecule has 2 heteroatoms. The molecule has 2 nitrogen and oxygen atoms in total. The van der Waals surface area contributed by atoms with Crippen molar-refractivity contribution in [3.63, 3.8) is 0 Å². The molecule has 3 fully saturated rings. The fraction of sp³-hybridized carbons (Fsp3) is 0.870. The number of fused-ring (bicyclic) bond motifs is 1. The number of hydrogen-bond donors (Lipinski definition) is 1. The van der Waals surface area contributed by atoms with Crippen LogP contribution in [0.4, 0.5) is 0 Å². The number of ketones is 1. The van der Waals surface area contributed by atoms with Gasteiger partial charge in [-0.1, -0.05) is 25.5 Å². The molecule has 3 rings (SSSR count). The van der Waals surface area contributed by atoms with Crippen molar-refractivity contribution >= 4 is 5.78 Å². The van der Waals surface area contributed by atoms with Crippen LogP contribution >= 0.6 is 0 Å². The van der Waals surface area contributed by atoms with Gasteiger partial charge in [-0.3, -0.25) is 4.79 Å². The lowest BCUT2D eigenvalue weighted by molar-refractivity contribution is -0.128. The Morgan fingerprint density at radius 2 is 1.88 bits per heavy atom. The number of carbonyl (C=O) groups is 1. The van der Waals surface area contributed by atoms with Crippen LogP contribution in [0.5, 0.6) is 0 Å². The summed E-state index contributed by atoms with van der Waals surface area (Å²) in [5, 5.41) is 9.53. The first-order valence-corrected chi connectivity index (χ1v) is 10.6. The third kappa shape index (κ3) is 3.24. The normalized spacial score (nSPS) is 45.5. The first-order valence-electron chi connectivity index (χ1n) is 10.6. The van der Waals surface area contributed by atoms with E-state index in [9.17, 15) is 9.90 Å². The standard InChI is InChI=1S/C23H38O2/c1-5-16(2)21-7-6-17-14-18(8-11-23(17,21)4)22(3)12-9-20(25)15-19(22)10-13-24/h5,17-19,21,24H,6-15H2,1-4H3/b16-5-/t17-,18-,19+,21+,22+,23-/m0/s1. The average Bonchev–Trinajstić information content (AvgIpc) is 2.94. The van der Waals surface area contributed by atoms with Gasteiger partial charge in [0, 0.05) is 19.4 Å². The minimum absolute atomic E-state index is 0.226. The molecular weight excluding hydrogens is 308 g/mol. The fourth-order valence-electron chi connectivity index (χ4n) is 6.92. The van der Waals surface area contributed by atoms with Crippen molar-refractivity contribution in [1.29, 1.82) is 0 Å². The van der Waals surface area contributed by atoms with Gasteiger partial charge in [0.05, 0.1) is 0 Å². The van der Waals surface area contributed by atoms with E-state index in [2.05, 4.69) is 33.8 Å². The second-order valence-corrected chi connectivity index (χ2v) is 9.79. The summed E-state index contributed by atoms with van der Waals surface area (Å²) in [6.45, 7) is 9.74. The predicted octanol–water partition coefficient (Wildman–Crippen LogP) is 5.54. The molecule has 0 heterocycles. The van der Waals surface area contributed by atoms with E-state index < -0.39 is 0 Å². The summed E-state index contributed by atoms with van der Waals surface area (Å²) in [6, 6.07) is 0.